The van der Waals surface area contributed by atoms with Gasteiger partial charge in [-0.05, 0) is 49.2 Å². The average molecular weight is 546 g/mol. The second-order valence-corrected chi connectivity index (χ2v) is 11.7. The molecule has 2 fully saturated rings. The number of pyridine rings is 1. The number of carbonyl (C=O) groups is 2. The van der Waals surface area contributed by atoms with Crippen molar-refractivity contribution in [1.82, 2.24) is 20.3 Å². The molecule has 2 amide bonds. The van der Waals surface area contributed by atoms with Crippen LogP contribution in [0.25, 0.3) is 6.08 Å². The summed E-state index contributed by atoms with van der Waals surface area (Å²) in [6.07, 6.45) is 6.29. The molecule has 12 heteroatoms. The van der Waals surface area contributed by atoms with E-state index in [9.17, 15) is 18.0 Å². The molecule has 0 aliphatic carbocycles. The van der Waals surface area contributed by atoms with Crippen LogP contribution in [-0.4, -0.2) is 79.4 Å². The van der Waals surface area contributed by atoms with E-state index >= 15 is 0 Å². The van der Waals surface area contributed by atoms with Crippen LogP contribution in [0.2, 0.25) is 5.02 Å². The topological polar surface area (TPSA) is 112 Å². The minimum Gasteiger partial charge on any atom is -0.487 e. The van der Waals surface area contributed by atoms with E-state index in [-0.39, 0.29) is 36.6 Å². The number of sulfone groups is 1. The normalized spacial score (nSPS) is 20.6. The molecule has 196 valence electrons. The van der Waals surface area contributed by atoms with Gasteiger partial charge in [-0.15, -0.1) is 0 Å². The minimum absolute atomic E-state index is 0.00458. The fourth-order valence-electron chi connectivity index (χ4n) is 5.07. The molecule has 0 bridgehead atoms. The Kier molecular flexibility index (Phi) is 7.11. The molecule has 1 unspecified atom stereocenters. The SMILES string of the molecule is CC(=O)N(C1CCN(c2ccncc2)CC1)N1CCNC(S(=O)(=O)C2=Cc3ccc(Cl)cc3OC2)C1=O. The Morgan fingerprint density at radius 3 is 2.59 bits per heavy atom. The number of ether oxygens (including phenoxy) is 1. The summed E-state index contributed by atoms with van der Waals surface area (Å²) in [5.74, 6) is -0.475. The zero-order valence-corrected chi connectivity index (χ0v) is 21.9. The number of halogens is 1. The van der Waals surface area contributed by atoms with Crippen molar-refractivity contribution in [2.75, 3.05) is 37.7 Å². The lowest BCUT2D eigenvalue weighted by Crippen LogP contribution is -2.66. The van der Waals surface area contributed by atoms with Crippen LogP contribution in [0, 0.1) is 0 Å². The zero-order valence-electron chi connectivity index (χ0n) is 20.3. The Morgan fingerprint density at radius 1 is 1.16 bits per heavy atom. The molecule has 0 saturated carbocycles. The lowest BCUT2D eigenvalue weighted by atomic mass is 10.0. The highest BCUT2D eigenvalue weighted by Crippen LogP contribution is 2.32. The number of benzene rings is 1. The first-order chi connectivity index (χ1) is 17.8. The number of piperazine rings is 1. The summed E-state index contributed by atoms with van der Waals surface area (Å²) in [7, 11) is -4.11. The van der Waals surface area contributed by atoms with Crippen molar-refractivity contribution in [1.29, 1.82) is 0 Å². The number of hydrogen-bond acceptors (Lipinski definition) is 8. The van der Waals surface area contributed by atoms with Crippen molar-refractivity contribution >= 4 is 45.0 Å². The quantitative estimate of drug-likeness (QED) is 0.608. The molecule has 4 heterocycles. The van der Waals surface area contributed by atoms with Gasteiger partial charge in [-0.2, -0.15) is 0 Å². The Balaban J connectivity index is 1.34. The van der Waals surface area contributed by atoms with E-state index in [0.717, 1.165) is 5.69 Å². The Morgan fingerprint density at radius 2 is 1.89 bits per heavy atom. The smallest absolute Gasteiger partial charge is 0.274 e. The van der Waals surface area contributed by atoms with Crippen molar-refractivity contribution in [3.8, 4) is 5.75 Å². The number of anilines is 1. The van der Waals surface area contributed by atoms with Crippen molar-refractivity contribution in [3.05, 3.63) is 58.2 Å². The second-order valence-electron chi connectivity index (χ2n) is 9.21. The highest BCUT2D eigenvalue weighted by Gasteiger charge is 2.45. The highest BCUT2D eigenvalue weighted by atomic mass is 35.5. The maximum Gasteiger partial charge on any atom is 0.274 e. The summed E-state index contributed by atoms with van der Waals surface area (Å²) in [5, 5.41) is 4.58. The maximum absolute atomic E-state index is 13.6. The van der Waals surface area contributed by atoms with Gasteiger partial charge in [0.1, 0.15) is 12.4 Å². The summed E-state index contributed by atoms with van der Waals surface area (Å²) in [5.41, 5.74) is 1.62. The minimum atomic E-state index is -4.11. The number of fused-ring (bicyclic) bond motifs is 1. The van der Waals surface area contributed by atoms with Crippen molar-refractivity contribution in [2.24, 2.45) is 0 Å². The molecule has 1 atom stereocenters. The van der Waals surface area contributed by atoms with E-state index in [1.807, 2.05) is 12.1 Å². The van der Waals surface area contributed by atoms with E-state index < -0.39 is 21.1 Å². The number of nitrogens with zero attached hydrogens (tertiary/aromatic N) is 4. The zero-order chi connectivity index (χ0) is 26.2. The predicted octanol–water partition coefficient (Wildman–Crippen LogP) is 2.07. The number of amides is 2. The van der Waals surface area contributed by atoms with Crippen LogP contribution in [0.5, 0.6) is 5.75 Å². The maximum atomic E-state index is 13.6. The summed E-state index contributed by atoms with van der Waals surface area (Å²) in [4.78, 5) is 32.6. The summed E-state index contributed by atoms with van der Waals surface area (Å²) >= 11 is 6.00. The number of carbonyl (C=O) groups excluding carboxylic acids is 2. The second kappa shape index (κ2) is 10.3. The van der Waals surface area contributed by atoms with Gasteiger partial charge in [0, 0.05) is 55.2 Å². The lowest BCUT2D eigenvalue weighted by molar-refractivity contribution is -0.171. The number of hydrazine groups is 1. The number of piperidine rings is 1. The van der Waals surface area contributed by atoms with Crippen LogP contribution in [-0.2, 0) is 19.4 Å². The van der Waals surface area contributed by atoms with Crippen molar-refractivity contribution < 1.29 is 22.7 Å². The number of rotatable bonds is 5. The van der Waals surface area contributed by atoms with Crippen LogP contribution in [0.3, 0.4) is 0 Å². The molecule has 2 aromatic rings. The van der Waals surface area contributed by atoms with E-state index in [4.69, 9.17) is 16.3 Å². The molecule has 1 N–H and O–H groups in total. The molecule has 10 nitrogen and oxygen atoms in total. The Labute approximate surface area is 220 Å². The van der Waals surface area contributed by atoms with E-state index in [1.165, 1.54) is 23.0 Å². The third-order valence-electron chi connectivity index (χ3n) is 6.89. The van der Waals surface area contributed by atoms with Crippen LogP contribution in [0.15, 0.2) is 47.6 Å². The van der Waals surface area contributed by atoms with Gasteiger partial charge >= 0.3 is 0 Å². The van der Waals surface area contributed by atoms with Crippen LogP contribution in [0.4, 0.5) is 5.69 Å². The van der Waals surface area contributed by atoms with E-state index in [0.29, 0.717) is 42.3 Å². The summed E-state index contributed by atoms with van der Waals surface area (Å²) in [6, 6.07) is 8.60. The predicted molar refractivity (Wildman–Crippen MR) is 139 cm³/mol. The number of nitrogens with one attached hydrogen (secondary N) is 1. The van der Waals surface area contributed by atoms with Gasteiger partial charge in [0.15, 0.2) is 5.37 Å². The molecule has 1 aromatic heterocycles. The molecule has 5 rings (SSSR count). The molecular weight excluding hydrogens is 518 g/mol. The molecule has 3 aliphatic rings. The van der Waals surface area contributed by atoms with Gasteiger partial charge in [-0.1, -0.05) is 11.6 Å². The molecule has 2 saturated heterocycles. The molecule has 37 heavy (non-hydrogen) atoms. The van der Waals surface area contributed by atoms with Gasteiger partial charge in [-0.25, -0.2) is 18.4 Å². The van der Waals surface area contributed by atoms with Crippen LogP contribution < -0.4 is 15.0 Å². The largest absolute Gasteiger partial charge is 0.487 e. The number of aromatic nitrogens is 1. The van der Waals surface area contributed by atoms with Crippen molar-refractivity contribution in [3.63, 3.8) is 0 Å². The Hall–Kier alpha value is -3.15. The standard InChI is InChI=1S/C25H28ClN5O5S/c1-17(32)31(21-6-11-29(12-7-21)20-4-8-27-9-5-20)30-13-10-28-24(25(30)33)37(34,35)22-14-18-2-3-19(26)15-23(18)36-16-22/h2-5,8-9,14-15,21,24,28H,6-7,10-13,16H2,1H3. The van der Waals surface area contributed by atoms with Gasteiger partial charge in [0.2, 0.25) is 15.7 Å². The lowest BCUT2D eigenvalue weighted by Gasteiger charge is -2.46. The Bertz CT molecular complexity index is 1330. The first-order valence-electron chi connectivity index (χ1n) is 12.1. The summed E-state index contributed by atoms with van der Waals surface area (Å²) in [6.45, 7) is 3.04. The third kappa shape index (κ3) is 5.03. The molecular formula is C25H28ClN5O5S. The van der Waals surface area contributed by atoms with Gasteiger partial charge in [0.05, 0.1) is 17.5 Å². The van der Waals surface area contributed by atoms with Gasteiger partial charge in [-0.3, -0.25) is 19.9 Å². The van der Waals surface area contributed by atoms with Crippen LogP contribution >= 0.6 is 11.6 Å². The fraction of sp³-hybridized carbons (Fsp3) is 0.400. The van der Waals surface area contributed by atoms with E-state index in [1.54, 1.807) is 30.6 Å². The first-order valence-corrected chi connectivity index (χ1v) is 14.0. The summed E-state index contributed by atoms with van der Waals surface area (Å²) < 4.78 is 32.7. The molecule has 1 aromatic carbocycles. The number of hydrogen-bond donors (Lipinski definition) is 1. The highest BCUT2D eigenvalue weighted by molar-refractivity contribution is 7.96. The van der Waals surface area contributed by atoms with Gasteiger partial charge < -0.3 is 9.64 Å². The molecule has 0 spiro atoms. The van der Waals surface area contributed by atoms with E-state index in [2.05, 4.69) is 15.2 Å². The first kappa shape index (κ1) is 25.5. The monoisotopic (exact) mass is 545 g/mol. The average Bonchev–Trinajstić information content (AvgIpc) is 2.90. The van der Waals surface area contributed by atoms with Gasteiger partial charge in [0.25, 0.3) is 5.91 Å². The fourth-order valence-corrected chi connectivity index (χ4v) is 6.77. The molecule has 3 aliphatic heterocycles. The van der Waals surface area contributed by atoms with Crippen LogP contribution in [0.1, 0.15) is 25.3 Å². The molecule has 0 radical (unpaired) electrons. The third-order valence-corrected chi connectivity index (χ3v) is 9.08. The van der Waals surface area contributed by atoms with Crippen molar-refractivity contribution in [2.45, 2.75) is 31.2 Å².